The van der Waals surface area contributed by atoms with Gasteiger partial charge in [-0.1, -0.05) is 24.3 Å². The van der Waals surface area contributed by atoms with Gasteiger partial charge in [-0.25, -0.2) is 12.8 Å². The van der Waals surface area contributed by atoms with Gasteiger partial charge in [-0.3, -0.25) is 19.2 Å². The summed E-state index contributed by atoms with van der Waals surface area (Å²) in [6, 6.07) is 10.4. The molecule has 1 amide bonds. The molecule has 0 bridgehead atoms. The van der Waals surface area contributed by atoms with Crippen molar-refractivity contribution in [3.63, 3.8) is 0 Å². The molecule has 0 aliphatic heterocycles. The largest absolute Gasteiger partial charge is 0.354 e. The van der Waals surface area contributed by atoms with Crippen LogP contribution in [0.15, 0.2) is 42.5 Å². The third-order valence-electron chi connectivity index (χ3n) is 4.36. The van der Waals surface area contributed by atoms with Gasteiger partial charge in [0.25, 0.3) is 5.69 Å². The molecule has 0 aliphatic rings. The molecule has 2 aromatic rings. The number of anilines is 1. The first-order chi connectivity index (χ1) is 14.6. The zero-order valence-electron chi connectivity index (χ0n) is 17.2. The Kier molecular flexibility index (Phi) is 8.81. The lowest BCUT2D eigenvalue weighted by atomic mass is 10.2. The molecule has 0 saturated carbocycles. The summed E-state index contributed by atoms with van der Waals surface area (Å²) in [7, 11) is -3.84. The van der Waals surface area contributed by atoms with Crippen LogP contribution in [-0.4, -0.2) is 44.3 Å². The highest BCUT2D eigenvalue weighted by Crippen LogP contribution is 2.27. The van der Waals surface area contributed by atoms with Gasteiger partial charge in [-0.05, 0) is 36.3 Å². The van der Waals surface area contributed by atoms with Gasteiger partial charge in [0.1, 0.15) is 12.4 Å². The van der Waals surface area contributed by atoms with Gasteiger partial charge in [0.05, 0.1) is 16.9 Å². The van der Waals surface area contributed by atoms with Crippen LogP contribution in [0, 0.1) is 22.9 Å². The molecule has 0 radical (unpaired) electrons. The summed E-state index contributed by atoms with van der Waals surface area (Å²) in [5.41, 5.74) is 0.940. The first-order valence-electron chi connectivity index (χ1n) is 9.40. The quantitative estimate of drug-likeness (QED) is 0.307. The fourth-order valence-electron chi connectivity index (χ4n) is 2.75. The molecule has 31 heavy (non-hydrogen) atoms. The maximum Gasteiger partial charge on any atom is 0.271 e. The number of nitrogens with zero attached hydrogens (tertiary/aromatic N) is 2. The standard InChI is InChI=1S/C20H24FN3O5S2/c1-15-8-9-17(24(26)27)12-19(15)23(31(2,28)29)13-20(25)22-10-5-11-30-14-16-6-3-4-7-18(16)21/h3-4,6-9,12H,5,10-11,13-14H2,1-2H3,(H,22,25). The lowest BCUT2D eigenvalue weighted by Gasteiger charge is -2.23. The zero-order valence-corrected chi connectivity index (χ0v) is 18.8. The maximum atomic E-state index is 13.6. The van der Waals surface area contributed by atoms with Crippen LogP contribution >= 0.6 is 11.8 Å². The molecule has 0 heterocycles. The van der Waals surface area contributed by atoms with Crippen LogP contribution in [0.1, 0.15) is 17.5 Å². The monoisotopic (exact) mass is 469 g/mol. The predicted molar refractivity (Wildman–Crippen MR) is 120 cm³/mol. The number of nitrogens with one attached hydrogen (secondary N) is 1. The van der Waals surface area contributed by atoms with Crippen molar-refractivity contribution >= 4 is 39.1 Å². The summed E-state index contributed by atoms with van der Waals surface area (Å²) in [5.74, 6) is 0.444. The molecule has 8 nitrogen and oxygen atoms in total. The second-order valence-electron chi connectivity index (χ2n) is 6.85. The van der Waals surface area contributed by atoms with Crippen molar-refractivity contribution in [3.05, 3.63) is 69.5 Å². The first kappa shape index (κ1) is 24.6. The highest BCUT2D eigenvalue weighted by Gasteiger charge is 2.24. The second kappa shape index (κ2) is 11.1. The SMILES string of the molecule is Cc1ccc([N+](=O)[O-])cc1N(CC(=O)NCCCSCc1ccccc1F)S(C)(=O)=O. The molecule has 0 atom stereocenters. The van der Waals surface area contributed by atoms with Gasteiger partial charge in [-0.15, -0.1) is 0 Å². The Hall–Kier alpha value is -2.66. The number of non-ortho nitro benzene ring substituents is 1. The number of nitro benzene ring substituents is 1. The van der Waals surface area contributed by atoms with Gasteiger partial charge in [-0.2, -0.15) is 11.8 Å². The van der Waals surface area contributed by atoms with E-state index in [-0.39, 0.29) is 17.2 Å². The number of hydrogen-bond acceptors (Lipinski definition) is 6. The predicted octanol–water partition coefficient (Wildman–Crippen LogP) is 3.25. The van der Waals surface area contributed by atoms with Crippen LogP contribution in [0.2, 0.25) is 0 Å². The Labute approximate surface area is 185 Å². The number of hydrogen-bond donors (Lipinski definition) is 1. The van der Waals surface area contributed by atoms with Gasteiger partial charge in [0, 0.05) is 24.4 Å². The molecule has 168 valence electrons. The minimum atomic E-state index is -3.84. The number of amides is 1. The fraction of sp³-hybridized carbons (Fsp3) is 0.350. The molecule has 2 aromatic carbocycles. The lowest BCUT2D eigenvalue weighted by Crippen LogP contribution is -2.41. The summed E-state index contributed by atoms with van der Waals surface area (Å²) in [6.45, 7) is 1.46. The molecular formula is C20H24FN3O5S2. The molecule has 0 spiro atoms. The summed E-state index contributed by atoms with van der Waals surface area (Å²) >= 11 is 1.53. The Morgan fingerprint density at radius 3 is 2.61 bits per heavy atom. The normalized spacial score (nSPS) is 11.2. The molecule has 2 rings (SSSR count). The van der Waals surface area contributed by atoms with Crippen molar-refractivity contribution < 1.29 is 22.5 Å². The van der Waals surface area contributed by atoms with Crippen molar-refractivity contribution in [1.29, 1.82) is 0 Å². The number of sulfonamides is 1. The van der Waals surface area contributed by atoms with E-state index in [1.165, 1.54) is 30.0 Å². The van der Waals surface area contributed by atoms with Crippen LogP contribution in [0.3, 0.4) is 0 Å². The van der Waals surface area contributed by atoms with E-state index in [0.717, 1.165) is 16.6 Å². The highest BCUT2D eigenvalue weighted by atomic mass is 32.2. The zero-order chi connectivity index (χ0) is 23.0. The van der Waals surface area contributed by atoms with Crippen molar-refractivity contribution in [3.8, 4) is 0 Å². The van der Waals surface area contributed by atoms with Crippen LogP contribution in [0.25, 0.3) is 0 Å². The van der Waals surface area contributed by atoms with E-state index in [1.54, 1.807) is 25.1 Å². The number of halogens is 1. The number of thioether (sulfide) groups is 1. The van der Waals surface area contributed by atoms with E-state index < -0.39 is 27.4 Å². The van der Waals surface area contributed by atoms with E-state index in [1.807, 2.05) is 0 Å². The molecule has 0 aromatic heterocycles. The minimum absolute atomic E-state index is 0.0901. The van der Waals surface area contributed by atoms with E-state index in [0.29, 0.717) is 35.6 Å². The average Bonchev–Trinajstić information content (AvgIpc) is 2.69. The summed E-state index contributed by atoms with van der Waals surface area (Å²) < 4.78 is 38.9. The summed E-state index contributed by atoms with van der Waals surface area (Å²) in [4.78, 5) is 22.7. The summed E-state index contributed by atoms with van der Waals surface area (Å²) in [6.07, 6.45) is 1.57. The molecule has 11 heteroatoms. The molecule has 0 saturated heterocycles. The van der Waals surface area contributed by atoms with Gasteiger partial charge < -0.3 is 5.32 Å². The lowest BCUT2D eigenvalue weighted by molar-refractivity contribution is -0.384. The number of carbonyl (C=O) groups excluding carboxylic acids is 1. The second-order valence-corrected chi connectivity index (χ2v) is 9.86. The van der Waals surface area contributed by atoms with E-state index in [2.05, 4.69) is 5.32 Å². The van der Waals surface area contributed by atoms with Crippen LogP contribution < -0.4 is 9.62 Å². The van der Waals surface area contributed by atoms with Crippen molar-refractivity contribution in [2.45, 2.75) is 19.1 Å². The Morgan fingerprint density at radius 1 is 1.26 bits per heavy atom. The van der Waals surface area contributed by atoms with E-state index >= 15 is 0 Å². The molecular weight excluding hydrogens is 445 g/mol. The third-order valence-corrected chi connectivity index (χ3v) is 6.58. The Bertz CT molecular complexity index is 1050. The summed E-state index contributed by atoms with van der Waals surface area (Å²) in [5, 5.41) is 13.7. The molecule has 1 N–H and O–H groups in total. The van der Waals surface area contributed by atoms with Crippen LogP contribution in [0.4, 0.5) is 15.8 Å². The topological polar surface area (TPSA) is 110 Å². The number of aryl methyl sites for hydroxylation is 1. The molecule has 0 aliphatic carbocycles. The number of benzene rings is 2. The van der Waals surface area contributed by atoms with Gasteiger partial charge in [0.2, 0.25) is 15.9 Å². The number of carbonyl (C=O) groups is 1. The smallest absolute Gasteiger partial charge is 0.271 e. The van der Waals surface area contributed by atoms with Gasteiger partial charge in [0.15, 0.2) is 0 Å². The van der Waals surface area contributed by atoms with Crippen molar-refractivity contribution in [2.24, 2.45) is 0 Å². The fourth-order valence-corrected chi connectivity index (χ4v) is 4.60. The van der Waals surface area contributed by atoms with E-state index in [4.69, 9.17) is 0 Å². The van der Waals surface area contributed by atoms with Crippen LogP contribution in [-0.2, 0) is 20.6 Å². The van der Waals surface area contributed by atoms with Crippen molar-refractivity contribution in [2.75, 3.05) is 29.4 Å². The van der Waals surface area contributed by atoms with Gasteiger partial charge >= 0.3 is 0 Å². The Balaban J connectivity index is 1.89. The molecule has 0 unspecified atom stereocenters. The molecule has 0 fully saturated rings. The number of rotatable bonds is 11. The minimum Gasteiger partial charge on any atom is -0.354 e. The van der Waals surface area contributed by atoms with Crippen LogP contribution in [0.5, 0.6) is 0 Å². The van der Waals surface area contributed by atoms with Crippen molar-refractivity contribution in [1.82, 2.24) is 5.32 Å². The average molecular weight is 470 g/mol. The highest BCUT2D eigenvalue weighted by molar-refractivity contribution is 7.98. The first-order valence-corrected chi connectivity index (χ1v) is 12.4. The van der Waals surface area contributed by atoms with E-state index in [9.17, 15) is 27.7 Å². The maximum absolute atomic E-state index is 13.6. The Morgan fingerprint density at radius 2 is 1.97 bits per heavy atom. The number of nitro groups is 1. The third kappa shape index (κ3) is 7.51.